The van der Waals surface area contributed by atoms with Crippen LogP contribution in [0.5, 0.6) is 0 Å². The zero-order chi connectivity index (χ0) is 18.4. The molecule has 7 heteroatoms. The van der Waals surface area contributed by atoms with Crippen LogP contribution in [-0.2, 0) is 11.3 Å². The molecule has 0 aliphatic carbocycles. The van der Waals surface area contributed by atoms with Crippen LogP contribution in [0, 0.1) is 6.92 Å². The van der Waals surface area contributed by atoms with Crippen molar-refractivity contribution in [1.82, 2.24) is 20.4 Å². The fourth-order valence-electron chi connectivity index (χ4n) is 3.09. The lowest BCUT2D eigenvalue weighted by atomic mass is 10.2. The van der Waals surface area contributed by atoms with Gasteiger partial charge >= 0.3 is 0 Å². The van der Waals surface area contributed by atoms with Crippen LogP contribution >= 0.6 is 0 Å². The molecule has 1 fully saturated rings. The van der Waals surface area contributed by atoms with Crippen LogP contribution in [0.1, 0.15) is 18.4 Å². The zero-order valence-electron chi connectivity index (χ0n) is 15.4. The summed E-state index contributed by atoms with van der Waals surface area (Å²) in [6.45, 7) is 4.34. The van der Waals surface area contributed by atoms with Crippen LogP contribution in [0.15, 0.2) is 47.7 Å². The summed E-state index contributed by atoms with van der Waals surface area (Å²) in [5.74, 6) is 0.868. The molecule has 0 bridgehead atoms. The molecule has 1 unspecified atom stereocenters. The summed E-state index contributed by atoms with van der Waals surface area (Å²) in [4.78, 5) is 18.4. The lowest BCUT2D eigenvalue weighted by Gasteiger charge is -2.19. The van der Waals surface area contributed by atoms with Crippen molar-refractivity contribution in [2.24, 2.45) is 4.99 Å². The van der Waals surface area contributed by atoms with Crippen LogP contribution in [0.2, 0.25) is 0 Å². The molecule has 3 rings (SSSR count). The highest BCUT2D eigenvalue weighted by Gasteiger charge is 2.30. The van der Waals surface area contributed by atoms with Gasteiger partial charge in [-0.1, -0.05) is 18.2 Å². The Morgan fingerprint density at radius 1 is 1.35 bits per heavy atom. The highest BCUT2D eigenvalue weighted by molar-refractivity contribution is 5.97. The molecule has 1 atom stereocenters. The molecule has 0 saturated carbocycles. The lowest BCUT2D eigenvalue weighted by molar-refractivity contribution is -0.117. The van der Waals surface area contributed by atoms with Gasteiger partial charge in [0, 0.05) is 45.0 Å². The minimum atomic E-state index is 0.0580. The predicted octanol–water partition coefficient (Wildman–Crippen LogP) is 1.55. The van der Waals surface area contributed by atoms with E-state index in [1.54, 1.807) is 7.05 Å². The summed E-state index contributed by atoms with van der Waals surface area (Å²) in [5.41, 5.74) is 2.11. The predicted molar refractivity (Wildman–Crippen MR) is 103 cm³/mol. The van der Waals surface area contributed by atoms with E-state index in [1.165, 1.54) is 5.56 Å². The van der Waals surface area contributed by atoms with Gasteiger partial charge in [0.15, 0.2) is 5.96 Å². The summed E-state index contributed by atoms with van der Waals surface area (Å²) in [6.07, 6.45) is 5.32. The van der Waals surface area contributed by atoms with Gasteiger partial charge < -0.3 is 15.5 Å². The van der Waals surface area contributed by atoms with Gasteiger partial charge in [-0.2, -0.15) is 5.10 Å². The van der Waals surface area contributed by atoms with Gasteiger partial charge in [-0.15, -0.1) is 0 Å². The third-order valence-electron chi connectivity index (χ3n) is 4.38. The molecule has 0 radical (unpaired) electrons. The van der Waals surface area contributed by atoms with Gasteiger partial charge in [-0.25, -0.2) is 0 Å². The highest BCUT2D eigenvalue weighted by Crippen LogP contribution is 2.20. The zero-order valence-corrected chi connectivity index (χ0v) is 15.4. The van der Waals surface area contributed by atoms with Gasteiger partial charge in [0.1, 0.15) is 0 Å². The van der Waals surface area contributed by atoms with Gasteiger partial charge in [-0.3, -0.25) is 14.5 Å². The molecule has 2 heterocycles. The number of benzene rings is 1. The topological polar surface area (TPSA) is 74.5 Å². The quantitative estimate of drug-likeness (QED) is 0.469. The summed E-state index contributed by atoms with van der Waals surface area (Å²) in [5, 5.41) is 10.9. The Morgan fingerprint density at radius 2 is 2.15 bits per heavy atom. The Balaban J connectivity index is 1.44. The van der Waals surface area contributed by atoms with E-state index in [0.29, 0.717) is 13.0 Å². The molecule has 2 aromatic rings. The Hall–Kier alpha value is -2.83. The van der Waals surface area contributed by atoms with Crippen molar-refractivity contribution in [3.05, 3.63) is 48.3 Å². The van der Waals surface area contributed by atoms with Crippen LogP contribution < -0.4 is 15.5 Å². The maximum atomic E-state index is 12.3. The number of anilines is 1. The van der Waals surface area contributed by atoms with Gasteiger partial charge in [0.2, 0.25) is 5.91 Å². The Bertz CT molecular complexity index is 754. The largest absolute Gasteiger partial charge is 0.356 e. The first-order valence-electron chi connectivity index (χ1n) is 8.97. The number of aromatic nitrogens is 2. The van der Waals surface area contributed by atoms with E-state index in [1.807, 2.05) is 59.2 Å². The molecule has 1 aromatic carbocycles. The highest BCUT2D eigenvalue weighted by atomic mass is 16.2. The van der Waals surface area contributed by atoms with Crippen molar-refractivity contribution in [3.8, 4) is 0 Å². The van der Waals surface area contributed by atoms with E-state index in [2.05, 4.69) is 20.7 Å². The normalized spacial score (nSPS) is 17.6. The maximum Gasteiger partial charge on any atom is 0.229 e. The number of hydrogen-bond acceptors (Lipinski definition) is 3. The SMILES string of the molecule is CN=C(NCCCn1cc(C)cn1)NC1CC(=O)N(c2ccccc2)C1. The molecular weight excluding hydrogens is 328 g/mol. The van der Waals surface area contributed by atoms with Crippen molar-refractivity contribution in [2.45, 2.75) is 32.4 Å². The standard InChI is InChI=1S/C19H26N6O/c1-15-12-22-24(13-15)10-6-9-21-19(20-2)23-16-11-18(26)25(14-16)17-7-4-3-5-8-17/h3-5,7-8,12-13,16H,6,9-11,14H2,1-2H3,(H2,20,21,23). The summed E-state index contributed by atoms with van der Waals surface area (Å²) >= 11 is 0. The lowest BCUT2D eigenvalue weighted by Crippen LogP contribution is -2.45. The summed E-state index contributed by atoms with van der Waals surface area (Å²) in [7, 11) is 1.75. The van der Waals surface area contributed by atoms with Gasteiger partial charge in [0.05, 0.1) is 12.2 Å². The Labute approximate surface area is 154 Å². The molecule has 1 aliphatic heterocycles. The van der Waals surface area contributed by atoms with Crippen molar-refractivity contribution in [1.29, 1.82) is 0 Å². The van der Waals surface area contributed by atoms with Crippen molar-refractivity contribution in [2.75, 3.05) is 25.0 Å². The first kappa shape index (κ1) is 18.0. The molecule has 1 amide bonds. The van der Waals surface area contributed by atoms with E-state index in [0.717, 1.165) is 31.2 Å². The van der Waals surface area contributed by atoms with Crippen LogP contribution in [-0.4, -0.2) is 47.8 Å². The molecule has 1 aromatic heterocycles. The van der Waals surface area contributed by atoms with Crippen molar-refractivity contribution >= 4 is 17.6 Å². The van der Waals surface area contributed by atoms with E-state index < -0.39 is 0 Å². The average Bonchev–Trinajstić information content (AvgIpc) is 3.23. The number of hydrogen-bond donors (Lipinski definition) is 2. The number of rotatable bonds is 6. The number of para-hydroxylation sites is 1. The number of aryl methyl sites for hydroxylation is 2. The number of carbonyl (C=O) groups is 1. The minimum absolute atomic E-state index is 0.0580. The number of aliphatic imine (C=N–C) groups is 1. The van der Waals surface area contributed by atoms with Crippen LogP contribution in [0.3, 0.4) is 0 Å². The second-order valence-electron chi connectivity index (χ2n) is 6.52. The van der Waals surface area contributed by atoms with E-state index in [9.17, 15) is 4.79 Å². The number of nitrogens with one attached hydrogen (secondary N) is 2. The second-order valence-corrected chi connectivity index (χ2v) is 6.52. The second kappa shape index (κ2) is 8.51. The number of carbonyl (C=O) groups excluding carboxylic acids is 1. The summed E-state index contributed by atoms with van der Waals surface area (Å²) < 4.78 is 1.95. The monoisotopic (exact) mass is 354 g/mol. The average molecular weight is 354 g/mol. The molecule has 1 aliphatic rings. The maximum absolute atomic E-state index is 12.3. The van der Waals surface area contributed by atoms with E-state index >= 15 is 0 Å². The number of amides is 1. The van der Waals surface area contributed by atoms with E-state index in [-0.39, 0.29) is 11.9 Å². The molecule has 138 valence electrons. The fourth-order valence-corrected chi connectivity index (χ4v) is 3.09. The van der Waals surface area contributed by atoms with Gasteiger partial charge in [0.25, 0.3) is 0 Å². The third-order valence-corrected chi connectivity index (χ3v) is 4.38. The number of nitrogens with zero attached hydrogens (tertiary/aromatic N) is 4. The van der Waals surface area contributed by atoms with E-state index in [4.69, 9.17) is 0 Å². The first-order valence-corrected chi connectivity index (χ1v) is 8.97. The molecule has 7 nitrogen and oxygen atoms in total. The van der Waals surface area contributed by atoms with Crippen molar-refractivity contribution in [3.63, 3.8) is 0 Å². The Morgan fingerprint density at radius 3 is 2.85 bits per heavy atom. The molecule has 1 saturated heterocycles. The smallest absolute Gasteiger partial charge is 0.229 e. The Kier molecular flexibility index (Phi) is 5.88. The van der Waals surface area contributed by atoms with Crippen molar-refractivity contribution < 1.29 is 4.79 Å². The van der Waals surface area contributed by atoms with Crippen LogP contribution in [0.4, 0.5) is 5.69 Å². The molecule has 26 heavy (non-hydrogen) atoms. The van der Waals surface area contributed by atoms with Crippen LogP contribution in [0.25, 0.3) is 0 Å². The molecular formula is C19H26N6O. The summed E-state index contributed by atoms with van der Waals surface area (Å²) in [6, 6.07) is 9.84. The number of guanidine groups is 1. The molecule has 2 N–H and O–H groups in total. The third kappa shape index (κ3) is 4.62. The molecule has 0 spiro atoms. The minimum Gasteiger partial charge on any atom is -0.356 e. The first-order chi connectivity index (χ1) is 12.7. The van der Waals surface area contributed by atoms with Gasteiger partial charge in [-0.05, 0) is 31.0 Å². The fraction of sp³-hybridized carbons (Fsp3) is 0.421.